The van der Waals surface area contributed by atoms with E-state index in [1.165, 1.54) is 24.3 Å². The smallest absolute Gasteiger partial charge is 0.264 e. The van der Waals surface area contributed by atoms with Crippen LogP contribution >= 0.6 is 0 Å². The third-order valence-electron chi connectivity index (χ3n) is 4.75. The predicted molar refractivity (Wildman–Crippen MR) is 123 cm³/mol. The Bertz CT molecular complexity index is 1180. The number of hydrogen-bond acceptors (Lipinski definition) is 5. The van der Waals surface area contributed by atoms with E-state index in [0.29, 0.717) is 18.1 Å². The van der Waals surface area contributed by atoms with Crippen molar-refractivity contribution in [2.24, 2.45) is 0 Å². The van der Waals surface area contributed by atoms with Crippen molar-refractivity contribution in [3.05, 3.63) is 84.2 Å². The minimum absolute atomic E-state index is 0.0177. The second kappa shape index (κ2) is 10.8. The van der Waals surface area contributed by atoms with Crippen molar-refractivity contribution >= 4 is 21.6 Å². The first-order chi connectivity index (χ1) is 15.8. The molecule has 0 fully saturated rings. The van der Waals surface area contributed by atoms with Crippen LogP contribution in [0.25, 0.3) is 0 Å². The standard InChI is InChI=1S/C24H25FN2O5S/c1-3-32-21-11-13-23(14-12-21)33(29,30)27(20-9-7-19(25)8-10-20)17-24(28)26-16-18-5-4-6-22(15-18)31-2/h4-15H,3,16-17H2,1-2H3,(H,26,28). The molecule has 33 heavy (non-hydrogen) atoms. The van der Waals surface area contributed by atoms with E-state index in [2.05, 4.69) is 5.32 Å². The summed E-state index contributed by atoms with van der Waals surface area (Å²) in [7, 11) is -2.57. The predicted octanol–water partition coefficient (Wildman–Crippen LogP) is 3.74. The van der Waals surface area contributed by atoms with Crippen LogP contribution in [-0.4, -0.2) is 34.6 Å². The van der Waals surface area contributed by atoms with Gasteiger partial charge in [0.15, 0.2) is 0 Å². The highest BCUT2D eigenvalue weighted by Gasteiger charge is 2.27. The number of halogens is 1. The summed E-state index contributed by atoms with van der Waals surface area (Å²) in [5.74, 6) is 0.143. The molecule has 7 nitrogen and oxygen atoms in total. The normalized spacial score (nSPS) is 11.0. The number of amides is 1. The molecular formula is C24H25FN2O5S. The molecule has 0 aliphatic heterocycles. The Morgan fingerprint density at radius 3 is 2.33 bits per heavy atom. The van der Waals surface area contributed by atoms with Gasteiger partial charge in [-0.15, -0.1) is 0 Å². The van der Waals surface area contributed by atoms with E-state index in [0.717, 1.165) is 22.0 Å². The lowest BCUT2D eigenvalue weighted by molar-refractivity contribution is -0.119. The number of benzene rings is 3. The zero-order valence-electron chi connectivity index (χ0n) is 18.3. The van der Waals surface area contributed by atoms with E-state index in [-0.39, 0.29) is 17.1 Å². The number of ether oxygens (including phenoxy) is 2. The average molecular weight is 473 g/mol. The molecule has 0 aliphatic rings. The van der Waals surface area contributed by atoms with E-state index in [4.69, 9.17) is 9.47 Å². The van der Waals surface area contributed by atoms with Gasteiger partial charge in [-0.05, 0) is 73.2 Å². The molecule has 0 bridgehead atoms. The van der Waals surface area contributed by atoms with Gasteiger partial charge in [-0.3, -0.25) is 9.10 Å². The van der Waals surface area contributed by atoms with Crippen LogP contribution in [0.5, 0.6) is 11.5 Å². The Hall–Kier alpha value is -3.59. The second-order valence-electron chi connectivity index (χ2n) is 7.02. The van der Waals surface area contributed by atoms with Crippen LogP contribution < -0.4 is 19.1 Å². The van der Waals surface area contributed by atoms with E-state index < -0.39 is 28.3 Å². The summed E-state index contributed by atoms with van der Waals surface area (Å²) in [6.45, 7) is 1.98. The Morgan fingerprint density at radius 1 is 1.00 bits per heavy atom. The maximum Gasteiger partial charge on any atom is 0.264 e. The molecule has 1 N–H and O–H groups in total. The second-order valence-corrected chi connectivity index (χ2v) is 8.88. The molecule has 0 atom stereocenters. The van der Waals surface area contributed by atoms with Crippen LogP contribution in [0.4, 0.5) is 10.1 Å². The van der Waals surface area contributed by atoms with Crippen molar-refractivity contribution in [2.45, 2.75) is 18.4 Å². The number of methoxy groups -OCH3 is 1. The number of hydrogen-bond donors (Lipinski definition) is 1. The number of nitrogens with one attached hydrogen (secondary N) is 1. The number of carbonyl (C=O) groups excluding carboxylic acids is 1. The third-order valence-corrected chi connectivity index (χ3v) is 6.54. The minimum atomic E-state index is -4.11. The van der Waals surface area contributed by atoms with Gasteiger partial charge in [0.1, 0.15) is 23.9 Å². The minimum Gasteiger partial charge on any atom is -0.497 e. The Morgan fingerprint density at radius 2 is 1.70 bits per heavy atom. The molecule has 0 heterocycles. The maximum absolute atomic E-state index is 13.4. The molecule has 0 aliphatic carbocycles. The molecule has 3 aromatic carbocycles. The monoisotopic (exact) mass is 472 g/mol. The summed E-state index contributed by atoms with van der Waals surface area (Å²) in [6, 6.07) is 18.0. The van der Waals surface area contributed by atoms with Gasteiger partial charge in [0.2, 0.25) is 5.91 Å². The molecule has 3 rings (SSSR count). The SMILES string of the molecule is CCOc1ccc(S(=O)(=O)N(CC(=O)NCc2cccc(OC)c2)c2ccc(F)cc2)cc1. The van der Waals surface area contributed by atoms with E-state index in [9.17, 15) is 17.6 Å². The summed E-state index contributed by atoms with van der Waals surface area (Å²) in [5.41, 5.74) is 0.965. The van der Waals surface area contributed by atoms with Crippen molar-refractivity contribution in [1.29, 1.82) is 0 Å². The molecule has 0 spiro atoms. The number of sulfonamides is 1. The highest BCUT2D eigenvalue weighted by molar-refractivity contribution is 7.92. The Labute approximate surface area is 192 Å². The van der Waals surface area contributed by atoms with Gasteiger partial charge in [-0.2, -0.15) is 0 Å². The number of nitrogens with zero attached hydrogens (tertiary/aromatic N) is 1. The molecule has 0 radical (unpaired) electrons. The molecule has 0 saturated heterocycles. The zero-order chi connectivity index (χ0) is 23.8. The molecule has 0 saturated carbocycles. The topological polar surface area (TPSA) is 84.9 Å². The van der Waals surface area contributed by atoms with Gasteiger partial charge in [0.05, 0.1) is 24.3 Å². The lowest BCUT2D eigenvalue weighted by Crippen LogP contribution is -2.40. The fourth-order valence-electron chi connectivity index (χ4n) is 3.09. The number of anilines is 1. The van der Waals surface area contributed by atoms with Crippen molar-refractivity contribution < 1.29 is 27.1 Å². The van der Waals surface area contributed by atoms with Crippen LogP contribution in [0.3, 0.4) is 0 Å². The van der Waals surface area contributed by atoms with Crippen molar-refractivity contribution in [3.63, 3.8) is 0 Å². The van der Waals surface area contributed by atoms with Gasteiger partial charge in [-0.1, -0.05) is 12.1 Å². The van der Waals surface area contributed by atoms with E-state index in [1.54, 1.807) is 37.4 Å². The third kappa shape index (κ3) is 6.23. The largest absolute Gasteiger partial charge is 0.497 e. The highest BCUT2D eigenvalue weighted by Crippen LogP contribution is 2.25. The van der Waals surface area contributed by atoms with Crippen LogP contribution in [0.2, 0.25) is 0 Å². The summed E-state index contributed by atoms with van der Waals surface area (Å²) in [6.07, 6.45) is 0. The fraction of sp³-hybridized carbons (Fsp3) is 0.208. The van der Waals surface area contributed by atoms with Crippen LogP contribution in [0.1, 0.15) is 12.5 Å². The summed E-state index contributed by atoms with van der Waals surface area (Å²) in [5, 5.41) is 2.72. The van der Waals surface area contributed by atoms with Crippen molar-refractivity contribution in [3.8, 4) is 11.5 Å². The first-order valence-electron chi connectivity index (χ1n) is 10.2. The number of rotatable bonds is 10. The Balaban J connectivity index is 1.83. The van der Waals surface area contributed by atoms with Crippen LogP contribution in [-0.2, 0) is 21.4 Å². The van der Waals surface area contributed by atoms with Gasteiger partial charge in [0.25, 0.3) is 10.0 Å². The van der Waals surface area contributed by atoms with Gasteiger partial charge in [-0.25, -0.2) is 12.8 Å². The quantitative estimate of drug-likeness (QED) is 0.486. The van der Waals surface area contributed by atoms with Gasteiger partial charge >= 0.3 is 0 Å². The maximum atomic E-state index is 13.4. The van der Waals surface area contributed by atoms with E-state index >= 15 is 0 Å². The average Bonchev–Trinajstić information content (AvgIpc) is 2.82. The number of carbonyl (C=O) groups is 1. The van der Waals surface area contributed by atoms with Gasteiger partial charge in [0, 0.05) is 6.54 Å². The molecular weight excluding hydrogens is 447 g/mol. The molecule has 174 valence electrons. The first-order valence-corrected chi connectivity index (χ1v) is 11.7. The van der Waals surface area contributed by atoms with Crippen LogP contribution in [0, 0.1) is 5.82 Å². The van der Waals surface area contributed by atoms with Crippen LogP contribution in [0.15, 0.2) is 77.7 Å². The molecule has 0 unspecified atom stereocenters. The summed E-state index contributed by atoms with van der Waals surface area (Å²) < 4.78 is 51.7. The van der Waals surface area contributed by atoms with E-state index in [1.807, 2.05) is 13.0 Å². The lowest BCUT2D eigenvalue weighted by Gasteiger charge is -2.24. The van der Waals surface area contributed by atoms with Crippen molar-refractivity contribution in [1.82, 2.24) is 5.32 Å². The van der Waals surface area contributed by atoms with Gasteiger partial charge < -0.3 is 14.8 Å². The summed E-state index contributed by atoms with van der Waals surface area (Å²) in [4.78, 5) is 12.7. The fourth-order valence-corrected chi connectivity index (χ4v) is 4.51. The lowest BCUT2D eigenvalue weighted by atomic mass is 10.2. The molecule has 3 aromatic rings. The molecule has 1 amide bonds. The van der Waals surface area contributed by atoms with Crippen molar-refractivity contribution in [2.75, 3.05) is 24.6 Å². The zero-order valence-corrected chi connectivity index (χ0v) is 19.1. The summed E-state index contributed by atoms with van der Waals surface area (Å²) >= 11 is 0. The first kappa shape index (κ1) is 24.1. The molecule has 0 aromatic heterocycles. The Kier molecular flexibility index (Phi) is 7.89. The highest BCUT2D eigenvalue weighted by atomic mass is 32.2. The molecule has 9 heteroatoms.